The van der Waals surface area contributed by atoms with E-state index in [-0.39, 0.29) is 17.9 Å². The Labute approximate surface area is 170 Å². The van der Waals surface area contributed by atoms with E-state index in [2.05, 4.69) is 15.0 Å². The van der Waals surface area contributed by atoms with Gasteiger partial charge in [-0.05, 0) is 30.3 Å². The molecule has 4 aromatic rings. The number of benzene rings is 2. The molecule has 0 unspecified atom stereocenters. The largest absolute Gasteiger partial charge is 0.494 e. The third-order valence-electron chi connectivity index (χ3n) is 4.77. The molecule has 150 valence electrons. The van der Waals surface area contributed by atoms with E-state index in [0.29, 0.717) is 39.6 Å². The van der Waals surface area contributed by atoms with E-state index < -0.39 is 11.6 Å². The van der Waals surface area contributed by atoms with E-state index in [4.69, 9.17) is 15.7 Å². The molecule has 0 spiro atoms. The number of imidazole rings is 1. The first-order valence-corrected chi connectivity index (χ1v) is 8.94. The fourth-order valence-corrected chi connectivity index (χ4v) is 3.19. The summed E-state index contributed by atoms with van der Waals surface area (Å²) in [6.45, 7) is 0.182. The molecule has 9 heteroatoms. The molecule has 0 aliphatic rings. The third-order valence-corrected chi connectivity index (χ3v) is 4.77. The van der Waals surface area contributed by atoms with Gasteiger partial charge in [-0.2, -0.15) is 5.26 Å². The summed E-state index contributed by atoms with van der Waals surface area (Å²) in [5.74, 6) is -0.598. The number of methoxy groups -OCH3 is 1. The van der Waals surface area contributed by atoms with Crippen LogP contribution in [0.1, 0.15) is 11.4 Å². The lowest BCUT2D eigenvalue weighted by Crippen LogP contribution is -2.05. The average Bonchev–Trinajstić information content (AvgIpc) is 3.07. The van der Waals surface area contributed by atoms with Crippen LogP contribution in [-0.4, -0.2) is 26.6 Å². The smallest absolute Gasteiger partial charge is 0.198 e. The number of halogens is 2. The number of nitrogens with two attached hydrogens (primary N) is 1. The Bertz CT molecular complexity index is 1330. The molecule has 0 saturated carbocycles. The Balaban J connectivity index is 2.02. The molecule has 4 rings (SSSR count). The number of aryl methyl sites for hydroxylation is 1. The van der Waals surface area contributed by atoms with Crippen LogP contribution in [0.25, 0.3) is 33.8 Å². The number of ether oxygens (including phenoxy) is 1. The maximum atomic E-state index is 14.4. The number of nitrogens with zero attached hydrogens (tertiary/aromatic N) is 5. The van der Waals surface area contributed by atoms with Gasteiger partial charge in [-0.15, -0.1) is 0 Å². The Hall–Kier alpha value is -3.90. The lowest BCUT2D eigenvalue weighted by atomic mass is 10.0. The van der Waals surface area contributed by atoms with Gasteiger partial charge in [0.2, 0.25) is 0 Å². The summed E-state index contributed by atoms with van der Waals surface area (Å²) in [7, 11) is 3.13. The minimum atomic E-state index is -0.688. The van der Waals surface area contributed by atoms with Gasteiger partial charge in [-0.25, -0.2) is 23.7 Å². The topological polar surface area (TPSA) is 103 Å². The van der Waals surface area contributed by atoms with Crippen LogP contribution >= 0.6 is 0 Å². The molecular weight excluding hydrogens is 390 g/mol. The third kappa shape index (κ3) is 3.13. The van der Waals surface area contributed by atoms with Crippen molar-refractivity contribution in [1.82, 2.24) is 19.5 Å². The van der Waals surface area contributed by atoms with Gasteiger partial charge in [-0.1, -0.05) is 6.07 Å². The molecule has 0 amide bonds. The van der Waals surface area contributed by atoms with Crippen LogP contribution in [0.3, 0.4) is 0 Å². The van der Waals surface area contributed by atoms with E-state index in [1.54, 1.807) is 29.8 Å². The van der Waals surface area contributed by atoms with Gasteiger partial charge in [-0.3, -0.25) is 0 Å². The predicted octanol–water partition coefficient (Wildman–Crippen LogP) is 3.31. The van der Waals surface area contributed by atoms with Crippen molar-refractivity contribution in [2.75, 3.05) is 7.11 Å². The van der Waals surface area contributed by atoms with Crippen molar-refractivity contribution in [1.29, 1.82) is 5.26 Å². The van der Waals surface area contributed by atoms with Crippen molar-refractivity contribution in [3.63, 3.8) is 0 Å². The standard InChI is InChI=1S/C21H16F2N6O/c1-29-17(10-25)26-20-21(29)28-19(12-5-6-16(30-2)15(23)8-12)18(27-20)11-3-4-13(9-24)14(22)7-11/h3-8H,10,25H2,1-2H3. The second-order valence-electron chi connectivity index (χ2n) is 6.51. The van der Waals surface area contributed by atoms with E-state index >= 15 is 0 Å². The molecule has 2 N–H and O–H groups in total. The fourth-order valence-electron chi connectivity index (χ4n) is 3.19. The quantitative estimate of drug-likeness (QED) is 0.558. The number of rotatable bonds is 4. The molecule has 0 bridgehead atoms. The van der Waals surface area contributed by atoms with Gasteiger partial charge in [0.1, 0.15) is 17.7 Å². The zero-order valence-electron chi connectivity index (χ0n) is 16.1. The number of hydrogen-bond acceptors (Lipinski definition) is 6. The number of aromatic nitrogens is 4. The molecule has 7 nitrogen and oxygen atoms in total. The number of nitriles is 1. The summed E-state index contributed by atoms with van der Waals surface area (Å²) in [6, 6.07) is 10.3. The first-order valence-electron chi connectivity index (χ1n) is 8.94. The summed E-state index contributed by atoms with van der Waals surface area (Å²) in [4.78, 5) is 13.6. The van der Waals surface area contributed by atoms with Crippen LogP contribution in [0.2, 0.25) is 0 Å². The highest BCUT2D eigenvalue weighted by atomic mass is 19.1. The minimum absolute atomic E-state index is 0.0877. The normalized spacial score (nSPS) is 10.9. The van der Waals surface area contributed by atoms with Gasteiger partial charge < -0.3 is 15.0 Å². The van der Waals surface area contributed by atoms with Crippen molar-refractivity contribution in [3.05, 3.63) is 59.4 Å². The molecule has 0 radical (unpaired) electrons. The summed E-state index contributed by atoms with van der Waals surface area (Å²) >= 11 is 0. The Morgan fingerprint density at radius 2 is 1.70 bits per heavy atom. The van der Waals surface area contributed by atoms with Crippen molar-refractivity contribution in [2.45, 2.75) is 6.54 Å². The molecule has 2 heterocycles. The molecule has 2 aromatic carbocycles. The highest BCUT2D eigenvalue weighted by Crippen LogP contribution is 2.33. The first kappa shape index (κ1) is 19.4. The van der Waals surface area contributed by atoms with E-state index in [0.717, 1.165) is 0 Å². The van der Waals surface area contributed by atoms with Gasteiger partial charge in [0.25, 0.3) is 0 Å². The zero-order valence-corrected chi connectivity index (χ0v) is 16.1. The number of hydrogen-bond donors (Lipinski definition) is 1. The van der Waals surface area contributed by atoms with Crippen LogP contribution < -0.4 is 10.5 Å². The van der Waals surface area contributed by atoms with Crippen LogP contribution in [0, 0.1) is 23.0 Å². The minimum Gasteiger partial charge on any atom is -0.494 e. The molecule has 2 aromatic heterocycles. The molecule has 0 saturated heterocycles. The van der Waals surface area contributed by atoms with Crippen molar-refractivity contribution in [2.24, 2.45) is 12.8 Å². The number of fused-ring (bicyclic) bond motifs is 1. The van der Waals surface area contributed by atoms with Crippen LogP contribution in [-0.2, 0) is 13.6 Å². The second kappa shape index (κ2) is 7.50. The SMILES string of the molecule is COc1ccc(-c2nc3c(nc2-c2ccc(C#N)c(F)c2)nc(CN)n3C)cc1F. The molecule has 30 heavy (non-hydrogen) atoms. The molecule has 0 aliphatic carbocycles. The Morgan fingerprint density at radius 1 is 1.03 bits per heavy atom. The van der Waals surface area contributed by atoms with Crippen LogP contribution in [0.5, 0.6) is 5.75 Å². The van der Waals surface area contributed by atoms with Crippen molar-refractivity contribution in [3.8, 4) is 34.3 Å². The van der Waals surface area contributed by atoms with Gasteiger partial charge in [0.05, 0.1) is 30.6 Å². The van der Waals surface area contributed by atoms with E-state index in [1.165, 1.54) is 31.4 Å². The molecule has 0 atom stereocenters. The van der Waals surface area contributed by atoms with Crippen LogP contribution in [0.4, 0.5) is 8.78 Å². The van der Waals surface area contributed by atoms with Gasteiger partial charge in [0, 0.05) is 18.2 Å². The molecule has 0 aliphatic heterocycles. The highest BCUT2D eigenvalue weighted by Gasteiger charge is 2.19. The van der Waals surface area contributed by atoms with E-state index in [1.807, 2.05) is 0 Å². The maximum Gasteiger partial charge on any atom is 0.198 e. The fraction of sp³-hybridized carbons (Fsp3) is 0.143. The van der Waals surface area contributed by atoms with Crippen molar-refractivity contribution < 1.29 is 13.5 Å². The maximum absolute atomic E-state index is 14.4. The zero-order chi connectivity index (χ0) is 21.4. The lowest BCUT2D eigenvalue weighted by molar-refractivity contribution is 0.386. The van der Waals surface area contributed by atoms with E-state index in [9.17, 15) is 8.78 Å². The van der Waals surface area contributed by atoms with Gasteiger partial charge >= 0.3 is 0 Å². The summed E-state index contributed by atoms with van der Waals surface area (Å²) in [6.07, 6.45) is 0. The highest BCUT2D eigenvalue weighted by molar-refractivity contribution is 5.84. The molecule has 0 fully saturated rings. The predicted molar refractivity (Wildman–Crippen MR) is 106 cm³/mol. The summed E-state index contributed by atoms with van der Waals surface area (Å²) in [5.41, 5.74) is 7.88. The monoisotopic (exact) mass is 406 g/mol. The second-order valence-corrected chi connectivity index (χ2v) is 6.51. The summed E-state index contributed by atoms with van der Waals surface area (Å²) in [5, 5.41) is 9.00. The Morgan fingerprint density at radius 3 is 2.30 bits per heavy atom. The average molecular weight is 406 g/mol. The molecular formula is C21H16F2N6O. The first-order chi connectivity index (χ1) is 14.5. The Kier molecular flexibility index (Phi) is 4.85. The lowest BCUT2D eigenvalue weighted by Gasteiger charge is -2.11. The van der Waals surface area contributed by atoms with Crippen molar-refractivity contribution >= 4 is 11.3 Å². The summed E-state index contributed by atoms with van der Waals surface area (Å²) < 4.78 is 35.4. The van der Waals surface area contributed by atoms with Crippen LogP contribution in [0.15, 0.2) is 36.4 Å². The van der Waals surface area contributed by atoms with Gasteiger partial charge in [0.15, 0.2) is 22.9 Å².